The first-order valence-electron chi connectivity index (χ1n) is 9.17. The molecular weight excluding hydrogens is 373 g/mol. The number of benzene rings is 1. The zero-order valence-electron chi connectivity index (χ0n) is 15.2. The Hall–Kier alpha value is -0.850. The standard InChI is InChI=1S/C19H29N3O2.2ClH/c23-19(8-7-18-2-1-9-20-18)21-14-16-3-5-17(6-4-16)15-22-10-12-24-13-11-22;;/h3-6,18,20H,1-2,7-15H2,(H,21,23);2*1H. The molecule has 2 fully saturated rings. The van der Waals surface area contributed by atoms with Crippen LogP contribution in [0.4, 0.5) is 0 Å². The molecule has 0 radical (unpaired) electrons. The van der Waals surface area contributed by atoms with E-state index in [1.165, 1.54) is 18.4 Å². The third-order valence-corrected chi connectivity index (χ3v) is 4.90. The highest BCUT2D eigenvalue weighted by atomic mass is 35.5. The summed E-state index contributed by atoms with van der Waals surface area (Å²) >= 11 is 0. The van der Waals surface area contributed by atoms with Crippen LogP contribution in [0.25, 0.3) is 0 Å². The fourth-order valence-electron chi connectivity index (χ4n) is 3.38. The summed E-state index contributed by atoms with van der Waals surface area (Å²) in [7, 11) is 0. The quantitative estimate of drug-likeness (QED) is 0.734. The van der Waals surface area contributed by atoms with Crippen LogP contribution in [0, 0.1) is 0 Å². The van der Waals surface area contributed by atoms with Crippen molar-refractivity contribution in [3.8, 4) is 0 Å². The Balaban J connectivity index is 0.00000169. The molecule has 7 heteroatoms. The van der Waals surface area contributed by atoms with E-state index in [-0.39, 0.29) is 30.7 Å². The van der Waals surface area contributed by atoms with Gasteiger partial charge >= 0.3 is 0 Å². The van der Waals surface area contributed by atoms with E-state index in [0.717, 1.165) is 51.4 Å². The van der Waals surface area contributed by atoms with Crippen LogP contribution in [-0.2, 0) is 22.6 Å². The summed E-state index contributed by atoms with van der Waals surface area (Å²) in [6.07, 6.45) is 4.01. The molecular formula is C19H31Cl2N3O2. The second-order valence-corrected chi connectivity index (χ2v) is 6.81. The summed E-state index contributed by atoms with van der Waals surface area (Å²) in [6.45, 7) is 6.38. The Morgan fingerprint density at radius 2 is 1.85 bits per heavy atom. The van der Waals surface area contributed by atoms with Gasteiger partial charge in [0.05, 0.1) is 13.2 Å². The van der Waals surface area contributed by atoms with Gasteiger partial charge in [0.2, 0.25) is 5.91 Å². The molecule has 0 saturated carbocycles. The number of halogens is 2. The van der Waals surface area contributed by atoms with Crippen LogP contribution in [0.2, 0.25) is 0 Å². The predicted molar refractivity (Wildman–Crippen MR) is 109 cm³/mol. The molecule has 1 aromatic carbocycles. The van der Waals surface area contributed by atoms with Crippen molar-refractivity contribution >= 4 is 30.7 Å². The molecule has 0 bridgehead atoms. The summed E-state index contributed by atoms with van der Waals surface area (Å²) < 4.78 is 5.38. The number of nitrogens with zero attached hydrogens (tertiary/aromatic N) is 1. The minimum Gasteiger partial charge on any atom is -0.379 e. The maximum atomic E-state index is 11.9. The number of hydrogen-bond donors (Lipinski definition) is 2. The lowest BCUT2D eigenvalue weighted by molar-refractivity contribution is -0.121. The third kappa shape index (κ3) is 7.80. The van der Waals surface area contributed by atoms with Gasteiger partial charge in [0, 0.05) is 38.6 Å². The summed E-state index contributed by atoms with van der Waals surface area (Å²) in [5.74, 6) is 0.154. The maximum Gasteiger partial charge on any atom is 0.220 e. The highest BCUT2D eigenvalue weighted by Gasteiger charge is 2.15. The second-order valence-electron chi connectivity index (χ2n) is 6.81. The van der Waals surface area contributed by atoms with Gasteiger partial charge in [0.1, 0.15) is 0 Å². The number of carbonyl (C=O) groups excluding carboxylic acids is 1. The molecule has 1 unspecified atom stereocenters. The lowest BCUT2D eigenvalue weighted by Gasteiger charge is -2.26. The Morgan fingerprint density at radius 3 is 2.50 bits per heavy atom. The van der Waals surface area contributed by atoms with E-state index in [1.54, 1.807) is 0 Å². The Labute approximate surface area is 169 Å². The molecule has 3 rings (SSSR count). The van der Waals surface area contributed by atoms with Crippen LogP contribution in [-0.4, -0.2) is 49.7 Å². The number of morpholine rings is 1. The largest absolute Gasteiger partial charge is 0.379 e. The van der Waals surface area contributed by atoms with Crippen molar-refractivity contribution in [2.24, 2.45) is 0 Å². The van der Waals surface area contributed by atoms with Gasteiger partial charge < -0.3 is 15.4 Å². The number of rotatable bonds is 7. The highest BCUT2D eigenvalue weighted by molar-refractivity contribution is 5.85. The van der Waals surface area contributed by atoms with E-state index in [9.17, 15) is 4.79 Å². The van der Waals surface area contributed by atoms with Gasteiger partial charge in [0.15, 0.2) is 0 Å². The fraction of sp³-hybridized carbons (Fsp3) is 0.632. The van der Waals surface area contributed by atoms with Gasteiger partial charge in [-0.1, -0.05) is 24.3 Å². The molecule has 2 saturated heterocycles. The molecule has 0 aliphatic carbocycles. The van der Waals surface area contributed by atoms with E-state index in [0.29, 0.717) is 19.0 Å². The van der Waals surface area contributed by atoms with Crippen LogP contribution in [0.1, 0.15) is 36.8 Å². The average Bonchev–Trinajstić information content (AvgIpc) is 3.14. The molecule has 2 N–H and O–H groups in total. The SMILES string of the molecule is Cl.Cl.O=C(CCC1CCCN1)NCc1ccc(CN2CCOCC2)cc1. The second kappa shape index (κ2) is 12.5. The molecule has 2 heterocycles. The van der Waals surface area contributed by atoms with E-state index >= 15 is 0 Å². The van der Waals surface area contributed by atoms with E-state index in [1.807, 2.05) is 0 Å². The molecule has 0 aromatic heterocycles. The van der Waals surface area contributed by atoms with Gasteiger partial charge in [-0.25, -0.2) is 0 Å². The summed E-state index contributed by atoms with van der Waals surface area (Å²) in [6, 6.07) is 9.11. The van der Waals surface area contributed by atoms with Crippen molar-refractivity contribution in [3.05, 3.63) is 35.4 Å². The maximum absolute atomic E-state index is 11.9. The zero-order chi connectivity index (χ0) is 16.6. The molecule has 1 amide bonds. The first-order valence-corrected chi connectivity index (χ1v) is 9.17. The summed E-state index contributed by atoms with van der Waals surface area (Å²) in [5.41, 5.74) is 2.48. The molecule has 26 heavy (non-hydrogen) atoms. The minimum absolute atomic E-state index is 0. The van der Waals surface area contributed by atoms with Crippen molar-refractivity contribution < 1.29 is 9.53 Å². The molecule has 1 atom stereocenters. The Bertz CT molecular complexity index is 516. The normalized spacial score (nSPS) is 20.1. The molecule has 2 aliphatic heterocycles. The van der Waals surface area contributed by atoms with Crippen molar-refractivity contribution in [1.29, 1.82) is 0 Å². The van der Waals surface area contributed by atoms with Gasteiger partial charge in [-0.15, -0.1) is 24.8 Å². The van der Waals surface area contributed by atoms with E-state index < -0.39 is 0 Å². The first-order chi connectivity index (χ1) is 11.8. The summed E-state index contributed by atoms with van der Waals surface area (Å²) in [5, 5.41) is 6.46. The minimum atomic E-state index is 0. The van der Waals surface area contributed by atoms with Crippen LogP contribution in [0.5, 0.6) is 0 Å². The lowest BCUT2D eigenvalue weighted by atomic mass is 10.1. The van der Waals surface area contributed by atoms with Gasteiger partial charge in [0.25, 0.3) is 0 Å². The zero-order valence-corrected chi connectivity index (χ0v) is 16.9. The van der Waals surface area contributed by atoms with E-state index in [4.69, 9.17) is 4.74 Å². The predicted octanol–water partition coefficient (Wildman–Crippen LogP) is 2.51. The number of amides is 1. The number of ether oxygens (including phenoxy) is 1. The van der Waals surface area contributed by atoms with Crippen molar-refractivity contribution in [3.63, 3.8) is 0 Å². The number of carbonyl (C=O) groups is 1. The Kier molecular flexibility index (Phi) is 11.2. The monoisotopic (exact) mass is 403 g/mol. The first kappa shape index (κ1) is 23.2. The van der Waals surface area contributed by atoms with Gasteiger partial charge in [-0.3, -0.25) is 9.69 Å². The smallest absolute Gasteiger partial charge is 0.220 e. The summed E-state index contributed by atoms with van der Waals surface area (Å²) in [4.78, 5) is 14.4. The fourth-order valence-corrected chi connectivity index (χ4v) is 3.38. The molecule has 148 valence electrons. The average molecular weight is 404 g/mol. The van der Waals surface area contributed by atoms with Crippen molar-refractivity contribution in [2.75, 3.05) is 32.8 Å². The molecule has 1 aromatic rings. The van der Waals surface area contributed by atoms with Crippen molar-refractivity contribution in [1.82, 2.24) is 15.5 Å². The molecule has 2 aliphatic rings. The molecule has 0 spiro atoms. The third-order valence-electron chi connectivity index (χ3n) is 4.90. The van der Waals surface area contributed by atoms with Crippen molar-refractivity contribution in [2.45, 2.75) is 44.8 Å². The van der Waals surface area contributed by atoms with Crippen LogP contribution in [0.15, 0.2) is 24.3 Å². The highest BCUT2D eigenvalue weighted by Crippen LogP contribution is 2.11. The number of nitrogens with one attached hydrogen (secondary N) is 2. The van der Waals surface area contributed by atoms with E-state index in [2.05, 4.69) is 39.8 Å². The molecule has 5 nitrogen and oxygen atoms in total. The van der Waals surface area contributed by atoms with Crippen LogP contribution < -0.4 is 10.6 Å². The van der Waals surface area contributed by atoms with Gasteiger partial charge in [-0.05, 0) is 36.9 Å². The van der Waals surface area contributed by atoms with Crippen LogP contribution >= 0.6 is 24.8 Å². The Morgan fingerprint density at radius 1 is 1.15 bits per heavy atom. The number of hydrogen-bond acceptors (Lipinski definition) is 4. The topological polar surface area (TPSA) is 53.6 Å². The van der Waals surface area contributed by atoms with Gasteiger partial charge in [-0.2, -0.15) is 0 Å². The lowest BCUT2D eigenvalue weighted by Crippen LogP contribution is -2.35. The van der Waals surface area contributed by atoms with Crippen LogP contribution in [0.3, 0.4) is 0 Å².